The van der Waals surface area contributed by atoms with Crippen molar-refractivity contribution in [3.8, 4) is 17.1 Å². The second kappa shape index (κ2) is 9.34. The van der Waals surface area contributed by atoms with Crippen LogP contribution in [0.5, 0.6) is 0 Å². The van der Waals surface area contributed by atoms with Crippen LogP contribution in [-0.2, 0) is 9.59 Å². The van der Waals surface area contributed by atoms with Crippen molar-refractivity contribution >= 4 is 23.6 Å². The summed E-state index contributed by atoms with van der Waals surface area (Å²) >= 11 is 1.35. The Hall–Kier alpha value is -3.13. The molecule has 1 unspecified atom stereocenters. The van der Waals surface area contributed by atoms with Gasteiger partial charge in [-0.15, -0.1) is 10.2 Å². The summed E-state index contributed by atoms with van der Waals surface area (Å²) in [5, 5.41) is 9.45. The van der Waals surface area contributed by atoms with Crippen LogP contribution in [0, 0.1) is 12.8 Å². The van der Waals surface area contributed by atoms with Crippen molar-refractivity contribution < 1.29 is 9.59 Å². The van der Waals surface area contributed by atoms with E-state index < -0.39 is 0 Å². The van der Waals surface area contributed by atoms with Crippen LogP contribution >= 0.6 is 11.8 Å². The smallest absolute Gasteiger partial charge is 0.233 e. The number of benzene rings is 2. The highest BCUT2D eigenvalue weighted by Gasteiger charge is 2.27. The Balaban J connectivity index is 1.57. The van der Waals surface area contributed by atoms with E-state index in [1.54, 1.807) is 4.90 Å². The third kappa shape index (κ3) is 4.80. The molecule has 2 N–H and O–H groups in total. The highest BCUT2D eigenvalue weighted by Crippen LogP contribution is 2.28. The van der Waals surface area contributed by atoms with Gasteiger partial charge in [0.1, 0.15) is 0 Å². The maximum Gasteiger partial charge on any atom is 0.233 e. The minimum absolute atomic E-state index is 0.0179. The van der Waals surface area contributed by atoms with Gasteiger partial charge in [0.15, 0.2) is 11.0 Å². The molecule has 3 aromatic rings. The molecule has 0 bridgehead atoms. The molecule has 2 aromatic carbocycles. The molecule has 0 saturated carbocycles. The molecule has 1 aliphatic rings. The number of carbonyl (C=O) groups excluding carboxylic acids is 2. The van der Waals surface area contributed by atoms with E-state index in [2.05, 4.69) is 10.2 Å². The summed E-state index contributed by atoms with van der Waals surface area (Å²) in [6.45, 7) is 3.10. The Morgan fingerprint density at radius 1 is 1.10 bits per heavy atom. The molecule has 31 heavy (non-hydrogen) atoms. The number of nitrogens with zero attached hydrogens (tertiary/aromatic N) is 4. The number of likely N-dealkylation sites (tertiary alicyclic amines) is 1. The van der Waals surface area contributed by atoms with Crippen LogP contribution in [0.1, 0.15) is 18.4 Å². The third-order valence-corrected chi connectivity index (χ3v) is 6.37. The van der Waals surface area contributed by atoms with Crippen molar-refractivity contribution in [1.29, 1.82) is 0 Å². The summed E-state index contributed by atoms with van der Waals surface area (Å²) in [7, 11) is 0. The van der Waals surface area contributed by atoms with Gasteiger partial charge in [0, 0.05) is 24.3 Å². The number of rotatable bonds is 6. The van der Waals surface area contributed by atoms with Crippen molar-refractivity contribution in [2.75, 3.05) is 18.8 Å². The van der Waals surface area contributed by atoms with Crippen LogP contribution in [0.15, 0.2) is 59.8 Å². The summed E-state index contributed by atoms with van der Waals surface area (Å²) in [4.78, 5) is 26.1. The molecule has 1 atom stereocenters. The van der Waals surface area contributed by atoms with Gasteiger partial charge in [-0.1, -0.05) is 59.8 Å². The molecule has 160 valence electrons. The number of amides is 2. The lowest BCUT2D eigenvalue weighted by atomic mass is 9.97. The largest absolute Gasteiger partial charge is 0.369 e. The monoisotopic (exact) mass is 435 g/mol. The molecular weight excluding hydrogens is 410 g/mol. The molecule has 0 radical (unpaired) electrons. The number of piperidine rings is 1. The van der Waals surface area contributed by atoms with Crippen LogP contribution in [0.3, 0.4) is 0 Å². The van der Waals surface area contributed by atoms with Crippen molar-refractivity contribution in [3.05, 3.63) is 60.2 Å². The predicted octanol–water partition coefficient (Wildman–Crippen LogP) is 3.06. The van der Waals surface area contributed by atoms with E-state index in [9.17, 15) is 9.59 Å². The van der Waals surface area contributed by atoms with E-state index in [0.717, 1.165) is 35.5 Å². The van der Waals surface area contributed by atoms with Crippen molar-refractivity contribution in [3.63, 3.8) is 0 Å². The second-order valence-corrected chi connectivity index (χ2v) is 8.66. The predicted molar refractivity (Wildman–Crippen MR) is 121 cm³/mol. The summed E-state index contributed by atoms with van der Waals surface area (Å²) in [5.41, 5.74) is 8.50. The molecule has 7 nitrogen and oxygen atoms in total. The highest BCUT2D eigenvalue weighted by molar-refractivity contribution is 7.99. The minimum Gasteiger partial charge on any atom is -0.369 e. The van der Waals surface area contributed by atoms with E-state index in [-0.39, 0.29) is 23.5 Å². The summed E-state index contributed by atoms with van der Waals surface area (Å²) in [6, 6.07) is 18.0. The van der Waals surface area contributed by atoms with Crippen LogP contribution in [0.2, 0.25) is 0 Å². The Morgan fingerprint density at radius 3 is 2.55 bits per heavy atom. The van der Waals surface area contributed by atoms with Gasteiger partial charge < -0.3 is 10.6 Å². The van der Waals surface area contributed by atoms with E-state index in [1.807, 2.05) is 66.1 Å². The van der Waals surface area contributed by atoms with Gasteiger partial charge in [-0.2, -0.15) is 0 Å². The molecule has 1 saturated heterocycles. The van der Waals surface area contributed by atoms with E-state index in [0.29, 0.717) is 18.2 Å². The fraction of sp³-hybridized carbons (Fsp3) is 0.304. The number of nitrogens with two attached hydrogens (primary N) is 1. The Kier molecular flexibility index (Phi) is 6.36. The zero-order valence-corrected chi connectivity index (χ0v) is 18.2. The molecule has 4 rings (SSSR count). The normalized spacial score (nSPS) is 16.3. The first kappa shape index (κ1) is 21.1. The zero-order valence-electron chi connectivity index (χ0n) is 17.4. The zero-order chi connectivity index (χ0) is 21.8. The average Bonchev–Trinajstić information content (AvgIpc) is 3.22. The fourth-order valence-electron chi connectivity index (χ4n) is 3.72. The lowest BCUT2D eigenvalue weighted by Crippen LogP contribution is -2.44. The SMILES string of the molecule is Cc1ccc(-n2c(SCC(=O)N3CCCC(C(N)=O)C3)nnc2-c2ccccc2)cc1. The Labute approximate surface area is 185 Å². The molecule has 0 aliphatic carbocycles. The van der Waals surface area contributed by atoms with Gasteiger partial charge in [-0.3, -0.25) is 14.2 Å². The first-order valence-electron chi connectivity index (χ1n) is 10.3. The third-order valence-electron chi connectivity index (χ3n) is 5.46. The van der Waals surface area contributed by atoms with Gasteiger partial charge in [0.05, 0.1) is 11.7 Å². The number of thioether (sulfide) groups is 1. The molecule has 1 aromatic heterocycles. The molecular formula is C23H25N5O2S. The van der Waals surface area contributed by atoms with Crippen LogP contribution < -0.4 is 5.73 Å². The van der Waals surface area contributed by atoms with Gasteiger partial charge in [-0.05, 0) is 31.9 Å². The van der Waals surface area contributed by atoms with Gasteiger partial charge in [0.2, 0.25) is 11.8 Å². The summed E-state index contributed by atoms with van der Waals surface area (Å²) in [5.74, 6) is 0.340. The number of aromatic nitrogens is 3. The number of carbonyl (C=O) groups is 2. The van der Waals surface area contributed by atoms with Crippen LogP contribution in [0.25, 0.3) is 17.1 Å². The van der Waals surface area contributed by atoms with Gasteiger partial charge in [0.25, 0.3) is 0 Å². The van der Waals surface area contributed by atoms with Gasteiger partial charge in [-0.25, -0.2) is 0 Å². The molecule has 2 amide bonds. The number of aryl methyl sites for hydroxylation is 1. The summed E-state index contributed by atoms with van der Waals surface area (Å²) in [6.07, 6.45) is 1.54. The molecule has 8 heteroatoms. The number of hydrogen-bond acceptors (Lipinski definition) is 5. The topological polar surface area (TPSA) is 94.1 Å². The van der Waals surface area contributed by atoms with Crippen molar-refractivity contribution in [2.45, 2.75) is 24.9 Å². The minimum atomic E-state index is -0.336. The number of primary amides is 1. The van der Waals surface area contributed by atoms with Crippen LogP contribution in [0.4, 0.5) is 0 Å². The average molecular weight is 436 g/mol. The maximum atomic E-state index is 12.8. The standard InChI is InChI=1S/C23H25N5O2S/c1-16-9-11-19(12-10-16)28-22(17-6-3-2-4-7-17)25-26-23(28)31-15-20(29)27-13-5-8-18(14-27)21(24)30/h2-4,6-7,9-12,18H,5,8,13-15H2,1H3,(H2,24,30). The quantitative estimate of drug-likeness (QED) is 0.601. The van der Waals surface area contributed by atoms with E-state index >= 15 is 0 Å². The van der Waals surface area contributed by atoms with Crippen molar-refractivity contribution in [1.82, 2.24) is 19.7 Å². The van der Waals surface area contributed by atoms with E-state index in [4.69, 9.17) is 5.73 Å². The Bertz CT molecular complexity index is 1070. The first-order chi connectivity index (χ1) is 15.0. The molecule has 1 aliphatic heterocycles. The highest BCUT2D eigenvalue weighted by atomic mass is 32.2. The van der Waals surface area contributed by atoms with Crippen molar-refractivity contribution in [2.24, 2.45) is 11.7 Å². The van der Waals surface area contributed by atoms with Crippen LogP contribution in [-0.4, -0.2) is 50.3 Å². The lowest BCUT2D eigenvalue weighted by Gasteiger charge is -2.31. The Morgan fingerprint density at radius 2 is 1.84 bits per heavy atom. The fourth-order valence-corrected chi connectivity index (χ4v) is 4.57. The van der Waals surface area contributed by atoms with Gasteiger partial charge >= 0.3 is 0 Å². The lowest BCUT2D eigenvalue weighted by molar-refractivity contribution is -0.132. The molecule has 0 spiro atoms. The van der Waals surface area contributed by atoms with E-state index in [1.165, 1.54) is 11.8 Å². The number of hydrogen-bond donors (Lipinski definition) is 1. The molecule has 1 fully saturated rings. The summed E-state index contributed by atoms with van der Waals surface area (Å²) < 4.78 is 1.98. The first-order valence-corrected chi connectivity index (χ1v) is 11.3. The molecule has 2 heterocycles. The maximum absolute atomic E-state index is 12.8. The second-order valence-electron chi connectivity index (χ2n) is 7.71.